The lowest BCUT2D eigenvalue weighted by Crippen LogP contribution is -1.94. The van der Waals surface area contributed by atoms with E-state index in [0.717, 1.165) is 0 Å². The van der Waals surface area contributed by atoms with Crippen LogP contribution in [0.3, 0.4) is 0 Å². The van der Waals surface area contributed by atoms with Gasteiger partial charge in [0.2, 0.25) is 0 Å². The zero-order valence-electron chi connectivity index (χ0n) is 28.6. The summed E-state index contributed by atoms with van der Waals surface area (Å²) in [6.07, 6.45) is 0. The second-order valence-corrected chi connectivity index (χ2v) is 15.2. The molecule has 0 unspecified atom stereocenters. The van der Waals surface area contributed by atoms with Crippen molar-refractivity contribution in [1.29, 1.82) is 0 Å². The topological polar surface area (TPSA) is 9.86 Å². The summed E-state index contributed by atoms with van der Waals surface area (Å²) in [4.78, 5) is 0. The fraction of sp³-hybridized carbons (Fsp3) is 0. The Kier molecular flexibility index (Phi) is 5.96. The molecule has 0 saturated carbocycles. The minimum Gasteiger partial charge on any atom is -0.309 e. The Labute approximate surface area is 309 Å². The smallest absolute Gasteiger partial charge is 0.0541 e. The van der Waals surface area contributed by atoms with Gasteiger partial charge in [0, 0.05) is 53.1 Å². The molecule has 12 rings (SSSR count). The Morgan fingerprint density at radius 1 is 0.302 bits per heavy atom. The molecule has 0 bridgehead atoms. The molecule has 3 heteroatoms. The Hall–Kier alpha value is -6.68. The van der Waals surface area contributed by atoms with E-state index < -0.39 is 0 Å². The van der Waals surface area contributed by atoms with Crippen molar-refractivity contribution >= 4 is 96.7 Å². The molecule has 246 valence electrons. The molecule has 0 aliphatic heterocycles. The first-order valence-electron chi connectivity index (χ1n) is 18.2. The highest BCUT2D eigenvalue weighted by molar-refractivity contribution is 7.26. The predicted molar refractivity (Wildman–Crippen MR) is 228 cm³/mol. The first-order valence-corrected chi connectivity index (χ1v) is 19.0. The van der Waals surface area contributed by atoms with E-state index in [2.05, 4.69) is 191 Å². The molecule has 9 aromatic carbocycles. The first kappa shape index (κ1) is 29.0. The molecule has 0 atom stereocenters. The summed E-state index contributed by atoms with van der Waals surface area (Å²) in [6.45, 7) is 0. The van der Waals surface area contributed by atoms with Crippen LogP contribution < -0.4 is 0 Å². The molecule has 0 N–H and O–H groups in total. The molecular formula is C50H30N2S. The molecular weight excluding hydrogens is 661 g/mol. The van der Waals surface area contributed by atoms with Gasteiger partial charge in [-0.05, 0) is 105 Å². The molecule has 0 radical (unpaired) electrons. The average Bonchev–Trinajstić information content (AvgIpc) is 3.88. The van der Waals surface area contributed by atoms with E-state index in [0.29, 0.717) is 0 Å². The SMILES string of the molecule is c1ccc(-n2c3ccccc3c3cc(-c4ccc5c(c4)c4ccccc4n5-c4ccc5c(ccc6ccc7sc8ccccc8c7c65)c4)ccc32)cc1. The summed E-state index contributed by atoms with van der Waals surface area (Å²) in [5.74, 6) is 0. The van der Waals surface area contributed by atoms with Crippen molar-refractivity contribution in [3.63, 3.8) is 0 Å². The number of thiophene rings is 1. The van der Waals surface area contributed by atoms with E-state index in [9.17, 15) is 0 Å². The number of benzene rings is 9. The summed E-state index contributed by atoms with van der Waals surface area (Å²) >= 11 is 1.88. The number of fused-ring (bicyclic) bond motifs is 13. The van der Waals surface area contributed by atoms with Crippen LogP contribution in [-0.2, 0) is 0 Å². The maximum absolute atomic E-state index is 2.44. The van der Waals surface area contributed by atoms with Gasteiger partial charge in [0.15, 0.2) is 0 Å². The second-order valence-electron chi connectivity index (χ2n) is 14.1. The minimum absolute atomic E-state index is 1.17. The van der Waals surface area contributed by atoms with Crippen LogP contribution in [0.2, 0.25) is 0 Å². The standard InChI is InChI=1S/C50H30N2S/c1-2-10-35(11-3-1)51-43-15-7-4-12-38(43)41-29-32(20-25-45(41)51)33-21-26-46-42(30-33)39-13-5-8-16-44(39)52(46)36-23-24-37-34(28-36)19-18-31-22-27-48-50(49(31)37)40-14-6-9-17-47(40)53-48/h1-30H. The fourth-order valence-corrected chi connectivity index (χ4v) is 10.0. The fourth-order valence-electron chi connectivity index (χ4n) is 8.93. The van der Waals surface area contributed by atoms with Crippen LogP contribution in [0, 0.1) is 0 Å². The van der Waals surface area contributed by atoms with E-state index in [1.165, 1.54) is 108 Å². The number of para-hydroxylation sites is 3. The van der Waals surface area contributed by atoms with Gasteiger partial charge >= 0.3 is 0 Å². The summed E-state index contributed by atoms with van der Waals surface area (Å²) in [7, 11) is 0. The van der Waals surface area contributed by atoms with Crippen LogP contribution in [0.4, 0.5) is 0 Å². The Bertz CT molecular complexity index is 3450. The van der Waals surface area contributed by atoms with Gasteiger partial charge < -0.3 is 9.13 Å². The maximum atomic E-state index is 2.44. The molecule has 3 heterocycles. The monoisotopic (exact) mass is 690 g/mol. The molecule has 0 spiro atoms. The second kappa shape index (κ2) is 10.9. The third-order valence-electron chi connectivity index (χ3n) is 11.3. The van der Waals surface area contributed by atoms with Crippen molar-refractivity contribution in [3.05, 3.63) is 182 Å². The van der Waals surface area contributed by atoms with Gasteiger partial charge in [-0.2, -0.15) is 0 Å². The van der Waals surface area contributed by atoms with Gasteiger partial charge in [0.1, 0.15) is 0 Å². The lowest BCUT2D eigenvalue weighted by atomic mass is 9.97. The van der Waals surface area contributed by atoms with Gasteiger partial charge in [-0.15, -0.1) is 11.3 Å². The van der Waals surface area contributed by atoms with E-state index in [-0.39, 0.29) is 0 Å². The van der Waals surface area contributed by atoms with Crippen LogP contribution in [0.1, 0.15) is 0 Å². The number of aromatic nitrogens is 2. The van der Waals surface area contributed by atoms with Crippen molar-refractivity contribution in [2.75, 3.05) is 0 Å². The molecule has 0 amide bonds. The predicted octanol–water partition coefficient (Wildman–Crippen LogP) is 14.2. The van der Waals surface area contributed by atoms with Crippen LogP contribution in [0.5, 0.6) is 0 Å². The van der Waals surface area contributed by atoms with Crippen molar-refractivity contribution in [1.82, 2.24) is 9.13 Å². The lowest BCUT2D eigenvalue weighted by Gasteiger charge is -2.12. The quantitative estimate of drug-likeness (QED) is 0.163. The molecule has 3 aromatic heterocycles. The Balaban J connectivity index is 1.04. The Morgan fingerprint density at radius 2 is 0.868 bits per heavy atom. The van der Waals surface area contributed by atoms with Crippen molar-refractivity contribution in [2.24, 2.45) is 0 Å². The van der Waals surface area contributed by atoms with Crippen molar-refractivity contribution in [2.45, 2.75) is 0 Å². The normalized spacial score (nSPS) is 12.2. The molecule has 0 aliphatic rings. The Morgan fingerprint density at radius 3 is 1.58 bits per heavy atom. The van der Waals surface area contributed by atoms with Gasteiger partial charge in [0.05, 0.1) is 22.1 Å². The largest absolute Gasteiger partial charge is 0.309 e. The highest BCUT2D eigenvalue weighted by Gasteiger charge is 2.17. The minimum atomic E-state index is 1.17. The molecule has 0 aliphatic carbocycles. The van der Waals surface area contributed by atoms with E-state index in [4.69, 9.17) is 0 Å². The third kappa shape index (κ3) is 4.14. The number of rotatable bonds is 3. The van der Waals surface area contributed by atoms with Gasteiger partial charge in [-0.3, -0.25) is 0 Å². The highest BCUT2D eigenvalue weighted by Crippen LogP contribution is 2.43. The molecule has 53 heavy (non-hydrogen) atoms. The molecule has 0 fully saturated rings. The van der Waals surface area contributed by atoms with Gasteiger partial charge in [0.25, 0.3) is 0 Å². The summed E-state index contributed by atoms with van der Waals surface area (Å²) in [6, 6.07) is 67.2. The van der Waals surface area contributed by atoms with E-state index in [1.807, 2.05) is 11.3 Å². The molecule has 12 aromatic rings. The van der Waals surface area contributed by atoms with Gasteiger partial charge in [-0.1, -0.05) is 109 Å². The zero-order valence-corrected chi connectivity index (χ0v) is 29.4. The van der Waals surface area contributed by atoms with Gasteiger partial charge in [-0.25, -0.2) is 0 Å². The van der Waals surface area contributed by atoms with Crippen LogP contribution in [0.25, 0.3) is 108 Å². The van der Waals surface area contributed by atoms with Crippen molar-refractivity contribution < 1.29 is 0 Å². The molecule has 0 saturated heterocycles. The zero-order chi connectivity index (χ0) is 34.6. The number of hydrogen-bond donors (Lipinski definition) is 0. The van der Waals surface area contributed by atoms with E-state index in [1.54, 1.807) is 0 Å². The highest BCUT2D eigenvalue weighted by atomic mass is 32.1. The summed E-state index contributed by atoms with van der Waals surface area (Å²) in [5.41, 5.74) is 9.66. The number of nitrogens with zero attached hydrogens (tertiary/aromatic N) is 2. The third-order valence-corrected chi connectivity index (χ3v) is 12.4. The number of hydrogen-bond acceptors (Lipinski definition) is 1. The van der Waals surface area contributed by atoms with Crippen LogP contribution >= 0.6 is 11.3 Å². The summed E-state index contributed by atoms with van der Waals surface area (Å²) < 4.78 is 7.50. The summed E-state index contributed by atoms with van der Waals surface area (Å²) in [5, 5.41) is 12.9. The first-order chi connectivity index (χ1) is 26.3. The van der Waals surface area contributed by atoms with Crippen LogP contribution in [0.15, 0.2) is 182 Å². The lowest BCUT2D eigenvalue weighted by molar-refractivity contribution is 1.18. The van der Waals surface area contributed by atoms with Crippen LogP contribution in [-0.4, -0.2) is 9.13 Å². The molecule has 2 nitrogen and oxygen atoms in total. The average molecular weight is 691 g/mol. The van der Waals surface area contributed by atoms with E-state index >= 15 is 0 Å². The maximum Gasteiger partial charge on any atom is 0.0541 e. The van der Waals surface area contributed by atoms with Crippen molar-refractivity contribution in [3.8, 4) is 22.5 Å².